The van der Waals surface area contributed by atoms with Gasteiger partial charge in [-0.3, -0.25) is 4.79 Å². The molecular weight excluding hydrogens is 238 g/mol. The quantitative estimate of drug-likeness (QED) is 0.632. The number of rotatable bonds is 8. The molecule has 0 N–H and O–H groups in total. The van der Waals surface area contributed by atoms with Crippen molar-refractivity contribution in [1.82, 2.24) is 4.90 Å². The van der Waals surface area contributed by atoms with Crippen LogP contribution in [0.2, 0.25) is 0 Å². The van der Waals surface area contributed by atoms with Gasteiger partial charge >= 0.3 is 5.97 Å². The first-order valence-electron chi connectivity index (χ1n) is 7.38. The van der Waals surface area contributed by atoms with Crippen molar-refractivity contribution in [2.75, 3.05) is 27.2 Å². The van der Waals surface area contributed by atoms with Crippen LogP contribution in [0.4, 0.5) is 0 Å². The molecule has 0 spiro atoms. The molecule has 0 bridgehead atoms. The molecule has 1 atom stereocenters. The van der Waals surface area contributed by atoms with Crippen LogP contribution in [0.25, 0.3) is 0 Å². The van der Waals surface area contributed by atoms with Crippen molar-refractivity contribution in [3.63, 3.8) is 0 Å². The molecule has 0 rings (SSSR count). The Morgan fingerprint density at radius 3 is 2.11 bits per heavy atom. The molecule has 0 saturated carbocycles. The van der Waals surface area contributed by atoms with Crippen LogP contribution in [0.1, 0.15) is 54.4 Å². The average Bonchev–Trinajstić information content (AvgIpc) is 2.26. The third-order valence-corrected chi connectivity index (χ3v) is 4.42. The van der Waals surface area contributed by atoms with Crippen molar-refractivity contribution in [1.29, 1.82) is 0 Å². The molecule has 0 heterocycles. The van der Waals surface area contributed by atoms with Gasteiger partial charge in [0.15, 0.2) is 0 Å². The van der Waals surface area contributed by atoms with E-state index in [1.54, 1.807) is 0 Å². The van der Waals surface area contributed by atoms with Crippen LogP contribution in [0.15, 0.2) is 0 Å². The van der Waals surface area contributed by atoms with Crippen molar-refractivity contribution in [2.45, 2.75) is 54.4 Å². The van der Waals surface area contributed by atoms with Crippen molar-refractivity contribution in [3.8, 4) is 0 Å². The predicted molar refractivity (Wildman–Crippen MR) is 81.1 cm³/mol. The Bertz CT molecular complexity index is 284. The smallest absolute Gasteiger partial charge is 0.312 e. The molecule has 114 valence electrons. The summed E-state index contributed by atoms with van der Waals surface area (Å²) in [5.41, 5.74) is -0.464. The molecule has 3 nitrogen and oxygen atoms in total. The van der Waals surface area contributed by atoms with Crippen LogP contribution in [0, 0.1) is 16.7 Å². The normalized spacial score (nSPS) is 15.7. The van der Waals surface area contributed by atoms with Gasteiger partial charge in [0.1, 0.15) is 6.61 Å². The molecule has 19 heavy (non-hydrogen) atoms. The fourth-order valence-corrected chi connectivity index (χ4v) is 2.32. The Morgan fingerprint density at radius 2 is 1.74 bits per heavy atom. The molecular formula is C16H33NO2. The summed E-state index contributed by atoms with van der Waals surface area (Å²) in [6, 6.07) is 0. The molecule has 0 aromatic carbocycles. The van der Waals surface area contributed by atoms with E-state index in [4.69, 9.17) is 4.74 Å². The summed E-state index contributed by atoms with van der Waals surface area (Å²) in [7, 11) is 3.97. The number of hydrogen-bond acceptors (Lipinski definition) is 3. The molecule has 0 radical (unpaired) electrons. The second-order valence-electron chi connectivity index (χ2n) is 7.11. The highest BCUT2D eigenvalue weighted by Gasteiger charge is 2.47. The molecule has 0 aromatic heterocycles. The minimum atomic E-state index is -0.414. The fraction of sp³-hybridized carbons (Fsp3) is 0.938. The second-order valence-corrected chi connectivity index (χ2v) is 7.11. The molecule has 0 aliphatic heterocycles. The molecule has 3 heteroatoms. The maximum Gasteiger partial charge on any atom is 0.312 e. The number of likely N-dealkylation sites (N-methyl/N-ethyl adjacent to an activating group) is 1. The predicted octanol–water partition coefficient (Wildman–Crippen LogP) is 3.58. The van der Waals surface area contributed by atoms with Crippen LogP contribution in [-0.4, -0.2) is 38.1 Å². The molecule has 1 unspecified atom stereocenters. The van der Waals surface area contributed by atoms with E-state index in [0.29, 0.717) is 12.5 Å². The van der Waals surface area contributed by atoms with E-state index < -0.39 is 5.41 Å². The van der Waals surface area contributed by atoms with Crippen LogP contribution < -0.4 is 0 Å². The summed E-state index contributed by atoms with van der Waals surface area (Å²) < 4.78 is 5.53. The minimum Gasteiger partial charge on any atom is -0.464 e. The molecule has 0 aliphatic rings. The highest BCUT2D eigenvalue weighted by Crippen LogP contribution is 2.46. The minimum absolute atomic E-state index is 0.0464. The molecule has 0 aliphatic carbocycles. The molecule has 0 aromatic rings. The fourth-order valence-electron chi connectivity index (χ4n) is 2.32. The van der Waals surface area contributed by atoms with Gasteiger partial charge in [0.2, 0.25) is 0 Å². The zero-order chi connectivity index (χ0) is 15.3. The summed E-state index contributed by atoms with van der Waals surface area (Å²) in [6.07, 6.45) is 1.84. The monoisotopic (exact) mass is 271 g/mol. The van der Waals surface area contributed by atoms with E-state index >= 15 is 0 Å². The maximum atomic E-state index is 12.5. The lowest BCUT2D eigenvalue weighted by atomic mass is 9.62. The number of esters is 1. The number of carbonyl (C=O) groups is 1. The van der Waals surface area contributed by atoms with Gasteiger partial charge in [-0.25, -0.2) is 0 Å². The molecule has 0 amide bonds. The standard InChI is InChI=1S/C16H33NO2/c1-9-15(4,5)16(6,12-13(2)3)14(18)19-11-10-17(7)8/h13H,9-12H2,1-8H3. The lowest BCUT2D eigenvalue weighted by Gasteiger charge is -2.43. The van der Waals surface area contributed by atoms with E-state index in [1.807, 2.05) is 19.0 Å². The Hall–Kier alpha value is -0.570. The lowest BCUT2D eigenvalue weighted by Crippen LogP contribution is -2.44. The van der Waals surface area contributed by atoms with Crippen LogP contribution in [0.5, 0.6) is 0 Å². The van der Waals surface area contributed by atoms with Crippen molar-refractivity contribution in [3.05, 3.63) is 0 Å². The van der Waals surface area contributed by atoms with Gasteiger partial charge in [-0.15, -0.1) is 0 Å². The number of ether oxygens (including phenoxy) is 1. The van der Waals surface area contributed by atoms with E-state index in [-0.39, 0.29) is 11.4 Å². The highest BCUT2D eigenvalue weighted by molar-refractivity contribution is 5.77. The first kappa shape index (κ1) is 18.4. The first-order chi connectivity index (χ1) is 8.56. The number of hydrogen-bond donors (Lipinski definition) is 0. The number of nitrogens with zero attached hydrogens (tertiary/aromatic N) is 1. The maximum absolute atomic E-state index is 12.5. The van der Waals surface area contributed by atoms with Gasteiger partial charge in [-0.1, -0.05) is 34.6 Å². The zero-order valence-corrected chi connectivity index (χ0v) is 14.2. The molecule has 0 saturated heterocycles. The first-order valence-corrected chi connectivity index (χ1v) is 7.38. The SMILES string of the molecule is CCC(C)(C)C(C)(CC(C)C)C(=O)OCCN(C)C. The van der Waals surface area contributed by atoms with Crippen molar-refractivity contribution in [2.24, 2.45) is 16.7 Å². The van der Waals surface area contributed by atoms with Crippen LogP contribution in [-0.2, 0) is 9.53 Å². The summed E-state index contributed by atoms with van der Waals surface area (Å²) in [5.74, 6) is 0.437. The third-order valence-electron chi connectivity index (χ3n) is 4.42. The van der Waals surface area contributed by atoms with Crippen molar-refractivity contribution >= 4 is 5.97 Å². The van der Waals surface area contributed by atoms with E-state index in [9.17, 15) is 4.79 Å². The van der Waals surface area contributed by atoms with Crippen LogP contribution >= 0.6 is 0 Å². The summed E-state index contributed by atoms with van der Waals surface area (Å²) in [6.45, 7) is 14.1. The summed E-state index contributed by atoms with van der Waals surface area (Å²) in [4.78, 5) is 14.6. The second kappa shape index (κ2) is 7.28. The van der Waals surface area contributed by atoms with Crippen molar-refractivity contribution < 1.29 is 9.53 Å². The summed E-state index contributed by atoms with van der Waals surface area (Å²) >= 11 is 0. The average molecular weight is 271 g/mol. The lowest BCUT2D eigenvalue weighted by molar-refractivity contribution is -0.164. The summed E-state index contributed by atoms with van der Waals surface area (Å²) in [5, 5.41) is 0. The Labute approximate surface area is 119 Å². The van der Waals surface area contributed by atoms with Gasteiger partial charge in [-0.2, -0.15) is 0 Å². The van der Waals surface area contributed by atoms with E-state index in [0.717, 1.165) is 19.4 Å². The van der Waals surface area contributed by atoms with Gasteiger partial charge in [0, 0.05) is 6.54 Å². The van der Waals surface area contributed by atoms with Gasteiger partial charge < -0.3 is 9.64 Å². The Kier molecular flexibility index (Phi) is 7.06. The number of carbonyl (C=O) groups excluding carboxylic acids is 1. The zero-order valence-electron chi connectivity index (χ0n) is 14.2. The highest BCUT2D eigenvalue weighted by atomic mass is 16.5. The third kappa shape index (κ3) is 5.13. The molecule has 0 fully saturated rings. The Balaban J connectivity index is 4.89. The van der Waals surface area contributed by atoms with Gasteiger partial charge in [0.05, 0.1) is 5.41 Å². The van der Waals surface area contributed by atoms with Crippen LogP contribution in [0.3, 0.4) is 0 Å². The van der Waals surface area contributed by atoms with E-state index in [1.165, 1.54) is 0 Å². The topological polar surface area (TPSA) is 29.5 Å². The van der Waals surface area contributed by atoms with Gasteiger partial charge in [0.25, 0.3) is 0 Å². The van der Waals surface area contributed by atoms with Gasteiger partial charge in [-0.05, 0) is 45.2 Å². The van der Waals surface area contributed by atoms with E-state index in [2.05, 4.69) is 41.5 Å². The largest absolute Gasteiger partial charge is 0.464 e. The Morgan fingerprint density at radius 1 is 1.21 bits per heavy atom.